The van der Waals surface area contributed by atoms with Crippen LogP contribution < -0.4 is 0 Å². The zero-order chi connectivity index (χ0) is 17.5. The summed E-state index contributed by atoms with van der Waals surface area (Å²) in [5.74, 6) is -1.81. The van der Waals surface area contributed by atoms with E-state index >= 15 is 0 Å². The van der Waals surface area contributed by atoms with Gasteiger partial charge < -0.3 is 10.0 Å². The molecule has 1 saturated heterocycles. The quantitative estimate of drug-likeness (QED) is 0.923. The van der Waals surface area contributed by atoms with E-state index < -0.39 is 17.9 Å². The molecule has 128 valence electrons. The molecule has 7 heteroatoms. The summed E-state index contributed by atoms with van der Waals surface area (Å²) < 4.78 is 1.81. The summed E-state index contributed by atoms with van der Waals surface area (Å²) in [6.07, 6.45) is 3.58. The summed E-state index contributed by atoms with van der Waals surface area (Å²) in [5.41, 5.74) is 1.60. The average molecular weight is 347 g/mol. The lowest BCUT2D eigenvalue weighted by Crippen LogP contribution is -2.30. The Balaban J connectivity index is 1.96. The number of amides is 1. The molecule has 0 aliphatic carbocycles. The van der Waals surface area contributed by atoms with Gasteiger partial charge in [-0.1, -0.05) is 0 Å². The number of hydrogen-bond donors (Lipinski definition) is 1. The molecule has 24 heavy (non-hydrogen) atoms. The number of aliphatic carboxylic acids is 1. The summed E-state index contributed by atoms with van der Waals surface area (Å²) in [6, 6.07) is 1.48. The second kappa shape index (κ2) is 6.05. The number of thiophene rings is 1. The van der Waals surface area contributed by atoms with Gasteiger partial charge in [-0.15, -0.1) is 0 Å². The molecule has 1 aliphatic rings. The first-order chi connectivity index (χ1) is 11.3. The van der Waals surface area contributed by atoms with Gasteiger partial charge in [-0.25, -0.2) is 0 Å². The van der Waals surface area contributed by atoms with Gasteiger partial charge in [0.05, 0.1) is 23.7 Å². The molecular formula is C17H21N3O3S. The fourth-order valence-electron chi connectivity index (χ4n) is 3.05. The number of hydrogen-bond acceptors (Lipinski definition) is 4. The monoisotopic (exact) mass is 347 g/mol. The Morgan fingerprint density at radius 1 is 1.46 bits per heavy atom. The summed E-state index contributed by atoms with van der Waals surface area (Å²) in [7, 11) is 0. The highest BCUT2D eigenvalue weighted by molar-refractivity contribution is 7.07. The van der Waals surface area contributed by atoms with E-state index in [0.717, 1.165) is 11.1 Å². The minimum atomic E-state index is -0.940. The Labute approximate surface area is 144 Å². The minimum Gasteiger partial charge on any atom is -0.481 e. The van der Waals surface area contributed by atoms with Crippen molar-refractivity contribution in [3.05, 3.63) is 40.3 Å². The standard InChI is InChI=1S/C17H21N3O3S/c1-17(2,3)20-9-12(7-18-20)15-13(16(22)23)6-14(21)19(15)8-11-4-5-24-10-11/h4-5,7,9-10,13,15H,6,8H2,1-3H3,(H,22,23). The summed E-state index contributed by atoms with van der Waals surface area (Å²) in [6.45, 7) is 6.52. The van der Waals surface area contributed by atoms with Crippen molar-refractivity contribution in [3.8, 4) is 0 Å². The molecule has 1 aliphatic heterocycles. The average Bonchev–Trinajstić information content (AvgIpc) is 3.19. The van der Waals surface area contributed by atoms with Gasteiger partial charge >= 0.3 is 5.97 Å². The third kappa shape index (κ3) is 3.08. The number of carboxylic acid groups (broad SMARTS) is 1. The molecule has 0 radical (unpaired) electrons. The van der Waals surface area contributed by atoms with E-state index in [4.69, 9.17) is 0 Å². The van der Waals surface area contributed by atoms with Crippen LogP contribution in [0.5, 0.6) is 0 Å². The van der Waals surface area contributed by atoms with Crippen LogP contribution in [0.4, 0.5) is 0 Å². The van der Waals surface area contributed by atoms with Crippen molar-refractivity contribution in [1.29, 1.82) is 0 Å². The maximum absolute atomic E-state index is 12.4. The molecule has 2 unspecified atom stereocenters. The second-order valence-electron chi connectivity index (χ2n) is 7.14. The molecule has 0 saturated carbocycles. The number of likely N-dealkylation sites (tertiary alicyclic amines) is 1. The Morgan fingerprint density at radius 3 is 2.75 bits per heavy atom. The molecule has 1 amide bonds. The summed E-state index contributed by atoms with van der Waals surface area (Å²) >= 11 is 1.57. The van der Waals surface area contributed by atoms with Crippen LogP contribution in [0, 0.1) is 5.92 Å². The summed E-state index contributed by atoms with van der Waals surface area (Å²) in [4.78, 5) is 25.8. The highest BCUT2D eigenvalue weighted by atomic mass is 32.1. The van der Waals surface area contributed by atoms with Crippen molar-refractivity contribution < 1.29 is 14.7 Å². The number of carbonyl (C=O) groups is 2. The first-order valence-corrected chi connectivity index (χ1v) is 8.80. The molecular weight excluding hydrogens is 326 g/mol. The van der Waals surface area contributed by atoms with Crippen molar-refractivity contribution in [2.45, 2.75) is 45.3 Å². The van der Waals surface area contributed by atoms with Crippen LogP contribution in [0.25, 0.3) is 0 Å². The number of rotatable bonds is 4. The molecule has 2 atom stereocenters. The zero-order valence-electron chi connectivity index (χ0n) is 14.0. The lowest BCUT2D eigenvalue weighted by molar-refractivity contribution is -0.142. The van der Waals surface area contributed by atoms with Gasteiger partial charge in [0.1, 0.15) is 0 Å². The molecule has 0 bridgehead atoms. The number of nitrogens with zero attached hydrogens (tertiary/aromatic N) is 3. The molecule has 1 N–H and O–H groups in total. The molecule has 2 aromatic heterocycles. The van der Waals surface area contributed by atoms with Gasteiger partial charge in [0, 0.05) is 24.7 Å². The maximum atomic E-state index is 12.4. The normalized spacial score (nSPS) is 21.5. The first-order valence-electron chi connectivity index (χ1n) is 7.86. The van der Waals surface area contributed by atoms with E-state index in [-0.39, 0.29) is 17.9 Å². The van der Waals surface area contributed by atoms with E-state index in [0.29, 0.717) is 6.54 Å². The topological polar surface area (TPSA) is 75.4 Å². The van der Waals surface area contributed by atoms with Gasteiger partial charge in [-0.3, -0.25) is 14.3 Å². The van der Waals surface area contributed by atoms with Crippen molar-refractivity contribution in [2.75, 3.05) is 0 Å². The number of carboxylic acids is 1. The first kappa shape index (κ1) is 16.7. The lowest BCUT2D eigenvalue weighted by atomic mass is 9.95. The van der Waals surface area contributed by atoms with Crippen LogP contribution in [-0.4, -0.2) is 31.7 Å². The second-order valence-corrected chi connectivity index (χ2v) is 7.92. The number of carbonyl (C=O) groups excluding carboxylic acids is 1. The van der Waals surface area contributed by atoms with Gasteiger partial charge in [0.25, 0.3) is 0 Å². The van der Waals surface area contributed by atoms with E-state index in [1.165, 1.54) is 0 Å². The lowest BCUT2D eigenvalue weighted by Gasteiger charge is -2.26. The fourth-order valence-corrected chi connectivity index (χ4v) is 3.71. The van der Waals surface area contributed by atoms with Crippen LogP contribution in [0.15, 0.2) is 29.2 Å². The Kier molecular flexibility index (Phi) is 4.21. The Hall–Kier alpha value is -2.15. The van der Waals surface area contributed by atoms with Crippen LogP contribution in [0.2, 0.25) is 0 Å². The minimum absolute atomic E-state index is 0.0326. The number of aromatic nitrogens is 2. The molecule has 2 aromatic rings. The largest absolute Gasteiger partial charge is 0.481 e. The Bertz CT molecular complexity index is 745. The van der Waals surface area contributed by atoms with E-state index in [1.54, 1.807) is 22.4 Å². The fraction of sp³-hybridized carbons (Fsp3) is 0.471. The molecule has 3 rings (SSSR count). The third-order valence-electron chi connectivity index (χ3n) is 4.31. The van der Waals surface area contributed by atoms with E-state index in [2.05, 4.69) is 5.10 Å². The zero-order valence-corrected chi connectivity index (χ0v) is 14.8. The van der Waals surface area contributed by atoms with Crippen LogP contribution in [0.3, 0.4) is 0 Å². The van der Waals surface area contributed by atoms with Crippen molar-refractivity contribution in [2.24, 2.45) is 5.92 Å². The Morgan fingerprint density at radius 2 is 2.21 bits per heavy atom. The highest BCUT2D eigenvalue weighted by Gasteiger charge is 2.45. The van der Waals surface area contributed by atoms with Gasteiger partial charge in [-0.05, 0) is 43.2 Å². The van der Waals surface area contributed by atoms with Crippen molar-refractivity contribution >= 4 is 23.2 Å². The molecule has 0 spiro atoms. The molecule has 6 nitrogen and oxygen atoms in total. The van der Waals surface area contributed by atoms with Crippen molar-refractivity contribution in [3.63, 3.8) is 0 Å². The highest BCUT2D eigenvalue weighted by Crippen LogP contribution is 2.39. The predicted octanol–water partition coefficient (Wildman–Crippen LogP) is 2.87. The third-order valence-corrected chi connectivity index (χ3v) is 5.05. The van der Waals surface area contributed by atoms with Gasteiger partial charge in [0.2, 0.25) is 5.91 Å². The van der Waals surface area contributed by atoms with Crippen LogP contribution >= 0.6 is 11.3 Å². The van der Waals surface area contributed by atoms with Gasteiger partial charge in [0.15, 0.2) is 0 Å². The van der Waals surface area contributed by atoms with Gasteiger partial charge in [-0.2, -0.15) is 16.4 Å². The van der Waals surface area contributed by atoms with Crippen molar-refractivity contribution in [1.82, 2.24) is 14.7 Å². The molecule has 3 heterocycles. The van der Waals surface area contributed by atoms with Crippen LogP contribution in [-0.2, 0) is 21.7 Å². The predicted molar refractivity (Wildman–Crippen MR) is 90.6 cm³/mol. The SMILES string of the molecule is CC(C)(C)n1cc(C2C(C(=O)O)CC(=O)N2Cc2ccsc2)cn1. The maximum Gasteiger partial charge on any atom is 0.309 e. The smallest absolute Gasteiger partial charge is 0.309 e. The van der Waals surface area contributed by atoms with E-state index in [1.807, 2.05) is 48.5 Å². The molecule has 1 fully saturated rings. The summed E-state index contributed by atoms with van der Waals surface area (Å²) in [5, 5.41) is 17.9. The van der Waals surface area contributed by atoms with E-state index in [9.17, 15) is 14.7 Å². The molecule has 0 aromatic carbocycles. The van der Waals surface area contributed by atoms with Crippen LogP contribution in [0.1, 0.15) is 44.4 Å².